The van der Waals surface area contributed by atoms with Crippen LogP contribution < -0.4 is 9.16 Å². The summed E-state index contributed by atoms with van der Waals surface area (Å²) >= 11 is 0. The van der Waals surface area contributed by atoms with E-state index >= 15 is 0 Å². The van der Waals surface area contributed by atoms with E-state index in [2.05, 4.69) is 35.6 Å². The summed E-state index contributed by atoms with van der Waals surface area (Å²) in [6, 6.07) is 15.9. The Balaban J connectivity index is 2.11. The van der Waals surface area contributed by atoms with Gasteiger partial charge < -0.3 is 9.16 Å². The standard InChI is InChI=1S/C15H15O2Si/c1-2-12-7-3-4-8-13(12)11-16-14-9-5-6-10-15(14)17-18/h3-10H,2,11H2,1H3. The van der Waals surface area contributed by atoms with Crippen molar-refractivity contribution in [1.29, 1.82) is 0 Å². The third kappa shape index (κ3) is 2.93. The topological polar surface area (TPSA) is 18.5 Å². The van der Waals surface area contributed by atoms with Gasteiger partial charge in [0.05, 0.1) is 0 Å². The van der Waals surface area contributed by atoms with E-state index < -0.39 is 0 Å². The van der Waals surface area contributed by atoms with E-state index in [1.807, 2.05) is 30.3 Å². The smallest absolute Gasteiger partial charge is 0.341 e. The van der Waals surface area contributed by atoms with Gasteiger partial charge in [-0.3, -0.25) is 0 Å². The van der Waals surface area contributed by atoms with Crippen LogP contribution in [0.2, 0.25) is 0 Å². The van der Waals surface area contributed by atoms with Gasteiger partial charge in [-0.15, -0.1) is 0 Å². The maximum atomic E-state index is 5.80. The molecule has 0 aliphatic heterocycles. The van der Waals surface area contributed by atoms with Gasteiger partial charge in [0.1, 0.15) is 12.4 Å². The molecule has 0 aromatic heterocycles. The van der Waals surface area contributed by atoms with Crippen LogP contribution >= 0.6 is 0 Å². The molecule has 0 unspecified atom stereocenters. The summed E-state index contributed by atoms with van der Waals surface area (Å²) in [4.78, 5) is 0. The average Bonchev–Trinajstić information content (AvgIpc) is 2.45. The van der Waals surface area contributed by atoms with Crippen LogP contribution in [0, 0.1) is 0 Å². The lowest BCUT2D eigenvalue weighted by Gasteiger charge is -2.12. The summed E-state index contributed by atoms with van der Waals surface area (Å²) in [5.74, 6) is 1.42. The van der Waals surface area contributed by atoms with Crippen molar-refractivity contribution in [3.05, 3.63) is 59.7 Å². The number of hydrogen-bond acceptors (Lipinski definition) is 2. The minimum absolute atomic E-state index is 0.552. The first-order valence-electron chi connectivity index (χ1n) is 5.97. The zero-order chi connectivity index (χ0) is 12.8. The number of aryl methyl sites for hydroxylation is 1. The Morgan fingerprint density at radius 2 is 1.50 bits per heavy atom. The molecule has 2 rings (SSSR count). The summed E-state index contributed by atoms with van der Waals surface area (Å²) in [7, 11) is 3.03. The summed E-state index contributed by atoms with van der Waals surface area (Å²) in [5.41, 5.74) is 2.53. The summed E-state index contributed by atoms with van der Waals surface area (Å²) in [5, 5.41) is 0. The van der Waals surface area contributed by atoms with Gasteiger partial charge in [0, 0.05) is 0 Å². The Kier molecular flexibility index (Phi) is 4.42. The Morgan fingerprint density at radius 3 is 2.17 bits per heavy atom. The van der Waals surface area contributed by atoms with E-state index in [1.165, 1.54) is 11.1 Å². The first kappa shape index (κ1) is 12.7. The van der Waals surface area contributed by atoms with Crippen LogP contribution in [0.4, 0.5) is 0 Å². The lowest BCUT2D eigenvalue weighted by atomic mass is 10.1. The third-order valence-electron chi connectivity index (χ3n) is 2.84. The minimum atomic E-state index is 0.552. The summed E-state index contributed by atoms with van der Waals surface area (Å²) < 4.78 is 10.9. The molecule has 0 saturated carbocycles. The fourth-order valence-corrected chi connectivity index (χ4v) is 2.02. The third-order valence-corrected chi connectivity index (χ3v) is 3.06. The first-order valence-corrected chi connectivity index (χ1v) is 6.38. The van der Waals surface area contributed by atoms with Crippen LogP contribution in [0.3, 0.4) is 0 Å². The van der Waals surface area contributed by atoms with E-state index in [0.717, 1.165) is 12.2 Å². The fraction of sp³-hybridized carbons (Fsp3) is 0.200. The molecule has 0 atom stereocenters. The van der Waals surface area contributed by atoms with Crippen molar-refractivity contribution < 1.29 is 9.16 Å². The maximum absolute atomic E-state index is 5.80. The molecule has 0 saturated heterocycles. The van der Waals surface area contributed by atoms with Crippen molar-refractivity contribution >= 4 is 10.5 Å². The zero-order valence-electron chi connectivity index (χ0n) is 10.3. The van der Waals surface area contributed by atoms with Crippen molar-refractivity contribution in [3.8, 4) is 11.5 Å². The summed E-state index contributed by atoms with van der Waals surface area (Å²) in [6.07, 6.45) is 1.01. The monoisotopic (exact) mass is 255 g/mol. The quantitative estimate of drug-likeness (QED) is 0.763. The molecule has 0 bridgehead atoms. The molecule has 2 aromatic carbocycles. The van der Waals surface area contributed by atoms with Crippen LogP contribution in [-0.4, -0.2) is 10.5 Å². The van der Waals surface area contributed by atoms with E-state index in [-0.39, 0.29) is 0 Å². The van der Waals surface area contributed by atoms with Gasteiger partial charge >= 0.3 is 10.5 Å². The Bertz CT molecular complexity index is 464. The number of rotatable bonds is 5. The molecule has 3 heteroatoms. The molecule has 0 fully saturated rings. The van der Waals surface area contributed by atoms with Crippen LogP contribution in [0.15, 0.2) is 48.5 Å². The number of hydrogen-bond donors (Lipinski definition) is 0. The molecule has 0 heterocycles. The van der Waals surface area contributed by atoms with Crippen LogP contribution in [0.5, 0.6) is 11.5 Å². The zero-order valence-corrected chi connectivity index (χ0v) is 11.3. The van der Waals surface area contributed by atoms with Crippen LogP contribution in [0.1, 0.15) is 18.1 Å². The molecule has 0 spiro atoms. The van der Waals surface area contributed by atoms with Gasteiger partial charge in [0.2, 0.25) is 0 Å². The van der Waals surface area contributed by atoms with Crippen molar-refractivity contribution in [1.82, 2.24) is 0 Å². The summed E-state index contributed by atoms with van der Waals surface area (Å²) in [6.45, 7) is 2.70. The molecule has 0 N–H and O–H groups in total. The molecule has 3 radical (unpaired) electrons. The lowest BCUT2D eigenvalue weighted by molar-refractivity contribution is 0.296. The largest absolute Gasteiger partial charge is 0.538 e. The molecule has 18 heavy (non-hydrogen) atoms. The van der Waals surface area contributed by atoms with Crippen molar-refractivity contribution in [3.63, 3.8) is 0 Å². The lowest BCUT2D eigenvalue weighted by Crippen LogP contribution is -2.00. The fourth-order valence-electron chi connectivity index (χ4n) is 1.85. The normalized spacial score (nSPS) is 10.1. The van der Waals surface area contributed by atoms with Gasteiger partial charge in [-0.2, -0.15) is 0 Å². The highest BCUT2D eigenvalue weighted by Gasteiger charge is 2.04. The molecule has 0 amide bonds. The molecular weight excluding hydrogens is 240 g/mol. The SMILES string of the molecule is CCc1ccccc1COc1ccccc1O[Si]. The molecule has 0 aliphatic carbocycles. The van der Waals surface area contributed by atoms with E-state index in [4.69, 9.17) is 9.16 Å². The predicted octanol–water partition coefficient (Wildman–Crippen LogP) is 3.29. The first-order chi connectivity index (χ1) is 8.85. The molecule has 2 nitrogen and oxygen atoms in total. The van der Waals surface area contributed by atoms with Gasteiger partial charge in [-0.05, 0) is 29.7 Å². The van der Waals surface area contributed by atoms with Crippen molar-refractivity contribution in [2.45, 2.75) is 20.0 Å². The van der Waals surface area contributed by atoms with E-state index in [0.29, 0.717) is 12.4 Å². The predicted molar refractivity (Wildman–Crippen MR) is 73.0 cm³/mol. The van der Waals surface area contributed by atoms with E-state index in [9.17, 15) is 0 Å². The van der Waals surface area contributed by atoms with Crippen molar-refractivity contribution in [2.24, 2.45) is 0 Å². The highest BCUT2D eigenvalue weighted by molar-refractivity contribution is 6.00. The molecular formula is C15H15O2Si. The number of benzene rings is 2. The second-order valence-electron chi connectivity index (χ2n) is 3.96. The Labute approximate surface area is 111 Å². The molecule has 2 aromatic rings. The number of ether oxygens (including phenoxy) is 1. The van der Waals surface area contributed by atoms with Gasteiger partial charge in [0.15, 0.2) is 5.75 Å². The van der Waals surface area contributed by atoms with Crippen LogP contribution in [0.25, 0.3) is 0 Å². The van der Waals surface area contributed by atoms with E-state index in [1.54, 1.807) is 0 Å². The minimum Gasteiger partial charge on any atom is -0.538 e. The number of para-hydroxylation sites is 2. The van der Waals surface area contributed by atoms with Gasteiger partial charge in [0.25, 0.3) is 0 Å². The Morgan fingerprint density at radius 1 is 0.889 bits per heavy atom. The highest BCUT2D eigenvalue weighted by Crippen LogP contribution is 2.26. The molecule has 0 aliphatic rings. The van der Waals surface area contributed by atoms with Crippen LogP contribution in [-0.2, 0) is 13.0 Å². The maximum Gasteiger partial charge on any atom is 0.341 e. The Hall–Kier alpha value is -1.74. The van der Waals surface area contributed by atoms with Crippen molar-refractivity contribution in [2.75, 3.05) is 0 Å². The second kappa shape index (κ2) is 6.26. The average molecular weight is 255 g/mol. The van der Waals surface area contributed by atoms with Gasteiger partial charge in [-0.1, -0.05) is 43.3 Å². The van der Waals surface area contributed by atoms with Gasteiger partial charge in [-0.25, -0.2) is 0 Å². The molecule has 91 valence electrons. The second-order valence-corrected chi connectivity index (χ2v) is 4.16. The highest BCUT2D eigenvalue weighted by atomic mass is 28.2.